The summed E-state index contributed by atoms with van der Waals surface area (Å²) in [5.41, 5.74) is 6.06. The van der Waals surface area contributed by atoms with Crippen molar-refractivity contribution in [2.24, 2.45) is 10.9 Å². The Balaban J connectivity index is 1.50. The predicted octanol–water partition coefficient (Wildman–Crippen LogP) is -2.11. The summed E-state index contributed by atoms with van der Waals surface area (Å²) in [5, 5.41) is 79.3. The van der Waals surface area contributed by atoms with Crippen molar-refractivity contribution < 1.29 is 53.4 Å². The molecule has 19 heteroatoms. The average molecular weight is 686 g/mol. The molecule has 0 radical (unpaired) electrons. The van der Waals surface area contributed by atoms with Gasteiger partial charge in [-0.2, -0.15) is 0 Å². The number of nitrogens with zero attached hydrogens (tertiary/aromatic N) is 1. The Morgan fingerprint density at radius 1 is 0.979 bits per heavy atom. The van der Waals surface area contributed by atoms with Crippen molar-refractivity contribution in [3.05, 3.63) is 59.7 Å². The van der Waals surface area contributed by atoms with Gasteiger partial charge < -0.3 is 56.7 Å². The fraction of sp³-hybridized carbons (Fsp3) is 0.241. The van der Waals surface area contributed by atoms with Gasteiger partial charge in [-0.15, -0.1) is 0 Å². The molecule has 254 valence electrons. The summed E-state index contributed by atoms with van der Waals surface area (Å²) in [5.74, 6) is -3.01. The van der Waals surface area contributed by atoms with E-state index in [1.54, 1.807) is 12.1 Å². The first kappa shape index (κ1) is 34.2. The van der Waals surface area contributed by atoms with E-state index < -0.39 is 82.0 Å². The van der Waals surface area contributed by atoms with E-state index in [4.69, 9.17) is 21.0 Å². The number of sulfonamides is 1. The van der Waals surface area contributed by atoms with E-state index in [1.807, 2.05) is 0 Å². The molecule has 1 aliphatic heterocycles. The second-order valence-corrected chi connectivity index (χ2v) is 12.4. The number of aliphatic hydroxyl groups is 4. The second-order valence-electron chi connectivity index (χ2n) is 10.9. The van der Waals surface area contributed by atoms with E-state index in [-0.39, 0.29) is 33.9 Å². The molecule has 2 heterocycles. The number of phenolic OH excluding ortho intramolecular Hbond substituents is 2. The Labute approximate surface area is 271 Å². The fourth-order valence-corrected chi connectivity index (χ4v) is 5.66. The molecule has 1 fully saturated rings. The van der Waals surface area contributed by atoms with Crippen molar-refractivity contribution in [2.45, 2.75) is 35.5 Å². The van der Waals surface area contributed by atoms with Crippen LogP contribution in [0.5, 0.6) is 11.5 Å². The summed E-state index contributed by atoms with van der Waals surface area (Å²) < 4.78 is 29.1. The number of nitrogen functional groups attached to an aromatic ring is 1. The van der Waals surface area contributed by atoms with Crippen LogP contribution in [0.2, 0.25) is 0 Å². The number of nitrogens with two attached hydrogens (primary N) is 2. The van der Waals surface area contributed by atoms with Gasteiger partial charge in [-0.3, -0.25) is 15.0 Å². The van der Waals surface area contributed by atoms with Gasteiger partial charge in [-0.1, -0.05) is 0 Å². The number of hydrogen-bond acceptors (Lipinski definition) is 13. The van der Waals surface area contributed by atoms with Crippen molar-refractivity contribution >= 4 is 38.7 Å². The van der Waals surface area contributed by atoms with E-state index in [9.17, 15) is 48.6 Å². The lowest BCUT2D eigenvalue weighted by molar-refractivity contribution is -0.253. The molecule has 0 saturated carbocycles. The molecule has 18 nitrogen and oxygen atoms in total. The number of phenols is 2. The highest BCUT2D eigenvalue weighted by atomic mass is 32.2. The smallest absolute Gasteiger partial charge is 0.251 e. The first-order valence-electron chi connectivity index (χ1n) is 14.0. The maximum atomic E-state index is 13.4. The Bertz CT molecular complexity index is 2040. The summed E-state index contributed by atoms with van der Waals surface area (Å²) in [7, 11) is -4.26. The Morgan fingerprint density at radius 3 is 2.35 bits per heavy atom. The Morgan fingerprint density at radius 2 is 1.69 bits per heavy atom. The molecule has 14 N–H and O–H groups in total. The number of ether oxygens (including phenoxy) is 1. The number of nitrogens with one attached hydrogen (secondary N) is 4. The van der Waals surface area contributed by atoms with Gasteiger partial charge in [-0.25, -0.2) is 18.5 Å². The van der Waals surface area contributed by atoms with E-state index in [2.05, 4.69) is 20.6 Å². The third-order valence-corrected chi connectivity index (χ3v) is 8.56. The number of benzene rings is 3. The molecular formula is C29H31N7O11S. The van der Waals surface area contributed by atoms with Crippen LogP contribution in [0.25, 0.3) is 33.5 Å². The van der Waals surface area contributed by atoms with Crippen molar-refractivity contribution in [1.29, 1.82) is 5.41 Å². The molecule has 0 spiro atoms. The van der Waals surface area contributed by atoms with Crippen LogP contribution in [-0.2, 0) is 19.6 Å². The molecule has 5 atom stereocenters. The third-order valence-electron chi connectivity index (χ3n) is 7.64. The maximum absolute atomic E-state index is 13.4. The topological polar surface area (TPSA) is 328 Å². The molecule has 4 aromatic rings. The lowest BCUT2D eigenvalue weighted by Crippen LogP contribution is -2.64. The number of carbonyl (C=O) groups excluding carboxylic acids is 2. The van der Waals surface area contributed by atoms with Gasteiger partial charge in [0.15, 0.2) is 6.29 Å². The van der Waals surface area contributed by atoms with Gasteiger partial charge in [0, 0.05) is 22.3 Å². The monoisotopic (exact) mass is 685 g/mol. The van der Waals surface area contributed by atoms with Crippen LogP contribution in [0.3, 0.4) is 0 Å². The molecule has 1 saturated heterocycles. The minimum Gasteiger partial charge on any atom is -0.507 e. The number of imidazole rings is 1. The SMILES string of the molecule is N=C(N)c1ccc2nc(-c3cc(C(=O)NCC(=O)NC4C(O)OC(CO)C(O)C4O)cc(-c4cc(S(N)(=O)=O)ccc4O)c3O)[nH]c2c1. The lowest BCUT2D eigenvalue weighted by Gasteiger charge is -2.40. The number of hydrogen-bond donors (Lipinski definition) is 12. The van der Waals surface area contributed by atoms with Crippen molar-refractivity contribution in [1.82, 2.24) is 20.6 Å². The average Bonchev–Trinajstić information content (AvgIpc) is 3.47. The minimum atomic E-state index is -4.26. The van der Waals surface area contributed by atoms with Crippen LogP contribution in [-0.4, -0.2) is 110 Å². The molecule has 48 heavy (non-hydrogen) atoms. The number of fused-ring (bicyclic) bond motifs is 1. The zero-order valence-corrected chi connectivity index (χ0v) is 25.5. The van der Waals surface area contributed by atoms with E-state index >= 15 is 0 Å². The number of carbonyl (C=O) groups is 2. The van der Waals surface area contributed by atoms with Crippen molar-refractivity contribution in [3.63, 3.8) is 0 Å². The van der Waals surface area contributed by atoms with Crippen LogP contribution in [0.4, 0.5) is 0 Å². The highest BCUT2D eigenvalue weighted by Crippen LogP contribution is 2.42. The van der Waals surface area contributed by atoms with Crippen LogP contribution in [0.1, 0.15) is 15.9 Å². The minimum absolute atomic E-state index is 0.0268. The number of aliphatic hydroxyl groups excluding tert-OH is 4. The molecular weight excluding hydrogens is 654 g/mol. The summed E-state index contributed by atoms with van der Waals surface area (Å²) >= 11 is 0. The Hall–Kier alpha value is -5.15. The van der Waals surface area contributed by atoms with E-state index in [0.29, 0.717) is 16.6 Å². The lowest BCUT2D eigenvalue weighted by atomic mass is 9.96. The highest BCUT2D eigenvalue weighted by molar-refractivity contribution is 7.89. The third kappa shape index (κ3) is 6.78. The molecule has 0 aliphatic carbocycles. The van der Waals surface area contributed by atoms with E-state index in [0.717, 1.165) is 24.3 Å². The molecule has 0 bridgehead atoms. The van der Waals surface area contributed by atoms with Crippen LogP contribution < -0.4 is 21.5 Å². The quantitative estimate of drug-likeness (QED) is 0.0663. The van der Waals surface area contributed by atoms with Gasteiger partial charge in [0.2, 0.25) is 15.9 Å². The molecule has 3 aromatic carbocycles. The van der Waals surface area contributed by atoms with Crippen LogP contribution in [0.15, 0.2) is 53.4 Å². The van der Waals surface area contributed by atoms with Gasteiger partial charge in [-0.05, 0) is 48.5 Å². The number of primary sulfonamides is 1. The number of aromatic amines is 1. The Kier molecular flexibility index (Phi) is 9.37. The van der Waals surface area contributed by atoms with Crippen molar-refractivity contribution in [2.75, 3.05) is 13.2 Å². The fourth-order valence-electron chi connectivity index (χ4n) is 5.12. The number of aromatic nitrogens is 2. The normalized spacial score (nSPS) is 21.1. The van der Waals surface area contributed by atoms with Crippen molar-refractivity contribution in [3.8, 4) is 34.0 Å². The molecule has 1 aliphatic rings. The van der Waals surface area contributed by atoms with Gasteiger partial charge in [0.05, 0.1) is 34.6 Å². The number of amides is 2. The molecule has 5 rings (SSSR count). The number of amidine groups is 1. The second kappa shape index (κ2) is 13.2. The van der Waals surface area contributed by atoms with Crippen LogP contribution >= 0.6 is 0 Å². The standard InChI is InChI=1S/C29H31N7O11S/c30-26(31)11-1-3-17-18(7-11)35-27(34-17)16-6-12(5-15(23(16)40)14-8-13(48(32,45)46)2-4-19(14)38)28(43)33-9-21(39)36-22-25(42)24(41)20(10-37)47-29(22)44/h1-8,20,22,24-25,29,37-38,40-42,44H,9-10H2,(H3,30,31)(H,33,43)(H,34,35)(H,36,39)(H2,32,45,46). The molecule has 1 aromatic heterocycles. The predicted molar refractivity (Wildman–Crippen MR) is 167 cm³/mol. The number of rotatable bonds is 9. The van der Waals surface area contributed by atoms with Gasteiger partial charge in [0.1, 0.15) is 47.5 Å². The zero-order valence-electron chi connectivity index (χ0n) is 24.7. The highest BCUT2D eigenvalue weighted by Gasteiger charge is 2.44. The summed E-state index contributed by atoms with van der Waals surface area (Å²) in [6, 6.07) is 8.55. The zero-order chi connectivity index (χ0) is 35.1. The van der Waals surface area contributed by atoms with Gasteiger partial charge in [0.25, 0.3) is 5.91 Å². The molecule has 5 unspecified atom stereocenters. The first-order chi connectivity index (χ1) is 22.6. The summed E-state index contributed by atoms with van der Waals surface area (Å²) in [4.78, 5) is 33.0. The summed E-state index contributed by atoms with van der Waals surface area (Å²) in [6.45, 7) is -1.43. The van der Waals surface area contributed by atoms with Gasteiger partial charge >= 0.3 is 0 Å². The first-order valence-corrected chi connectivity index (χ1v) is 15.6. The number of aromatic hydroxyl groups is 2. The molecule has 2 amide bonds. The maximum Gasteiger partial charge on any atom is 0.251 e. The largest absolute Gasteiger partial charge is 0.507 e. The van der Waals surface area contributed by atoms with Crippen LogP contribution in [0, 0.1) is 5.41 Å². The van der Waals surface area contributed by atoms with E-state index in [1.165, 1.54) is 12.1 Å². The number of H-pyrrole nitrogens is 1. The summed E-state index contributed by atoms with van der Waals surface area (Å²) in [6.07, 6.45) is -6.44.